The molecule has 1 aromatic carbocycles. The Bertz CT molecular complexity index is 508. The normalized spacial score (nSPS) is 10.7. The third-order valence-corrected chi connectivity index (χ3v) is 4.57. The van der Waals surface area contributed by atoms with E-state index in [0.29, 0.717) is 5.75 Å². The molecule has 0 heterocycles. The van der Waals surface area contributed by atoms with Gasteiger partial charge in [-0.05, 0) is 37.5 Å². The number of benzene rings is 1. The van der Waals surface area contributed by atoms with Crippen LogP contribution < -0.4 is 9.47 Å². The molecule has 0 amide bonds. The predicted molar refractivity (Wildman–Crippen MR) is 105 cm³/mol. The topological polar surface area (TPSA) is 35.5 Å². The summed E-state index contributed by atoms with van der Waals surface area (Å²) in [7, 11) is 1.67. The molecule has 0 aliphatic carbocycles. The molecule has 0 aliphatic rings. The van der Waals surface area contributed by atoms with E-state index in [1.807, 2.05) is 19.1 Å². The van der Waals surface area contributed by atoms with Gasteiger partial charge in [0, 0.05) is 12.5 Å². The summed E-state index contributed by atoms with van der Waals surface area (Å²) in [5.74, 6) is 1.20. The average Bonchev–Trinajstić information content (AvgIpc) is 2.57. The van der Waals surface area contributed by atoms with Gasteiger partial charge in [0.25, 0.3) is 0 Å². The number of esters is 1. The van der Waals surface area contributed by atoms with Crippen LogP contribution in [0.25, 0.3) is 0 Å². The molecule has 1 rings (SSSR count). The highest BCUT2D eigenvalue weighted by Gasteiger charge is 2.13. The first-order chi connectivity index (χ1) is 12.1. The van der Waals surface area contributed by atoms with Crippen LogP contribution in [0.1, 0.15) is 89.2 Å². The van der Waals surface area contributed by atoms with Crippen LogP contribution in [0.5, 0.6) is 11.5 Å². The Hall–Kier alpha value is -1.51. The number of hydrogen-bond acceptors (Lipinski definition) is 3. The van der Waals surface area contributed by atoms with Gasteiger partial charge >= 0.3 is 5.97 Å². The summed E-state index contributed by atoms with van der Waals surface area (Å²) in [5, 5.41) is 0. The predicted octanol–water partition coefficient (Wildman–Crippen LogP) is 6.39. The van der Waals surface area contributed by atoms with Crippen LogP contribution in [0.2, 0.25) is 0 Å². The molecule has 0 unspecified atom stereocenters. The van der Waals surface area contributed by atoms with Gasteiger partial charge in [0.05, 0.1) is 7.11 Å². The van der Waals surface area contributed by atoms with Gasteiger partial charge in [-0.25, -0.2) is 0 Å². The lowest BCUT2D eigenvalue weighted by atomic mass is 10.0. The van der Waals surface area contributed by atoms with Crippen molar-refractivity contribution in [1.82, 2.24) is 0 Å². The van der Waals surface area contributed by atoms with Gasteiger partial charge in [0.1, 0.15) is 11.5 Å². The smallest absolute Gasteiger partial charge is 0.308 e. The Morgan fingerprint density at radius 2 is 1.40 bits per heavy atom. The van der Waals surface area contributed by atoms with Crippen LogP contribution in [-0.4, -0.2) is 13.1 Å². The molecule has 0 saturated carbocycles. The Kier molecular flexibility index (Phi) is 11.0. The molecule has 3 nitrogen and oxygen atoms in total. The van der Waals surface area contributed by atoms with E-state index in [1.165, 1.54) is 64.7 Å². The molecule has 1 aromatic rings. The summed E-state index contributed by atoms with van der Waals surface area (Å²) in [6, 6.07) is 3.94. The first-order valence-electron chi connectivity index (χ1n) is 9.94. The van der Waals surface area contributed by atoms with E-state index in [9.17, 15) is 4.79 Å². The molecule has 0 spiro atoms. The molecule has 0 aliphatic heterocycles. The van der Waals surface area contributed by atoms with Crippen LogP contribution >= 0.6 is 0 Å². The minimum Gasteiger partial charge on any atom is -0.496 e. The van der Waals surface area contributed by atoms with Gasteiger partial charge in [0.15, 0.2) is 0 Å². The van der Waals surface area contributed by atoms with Gasteiger partial charge in [-0.15, -0.1) is 0 Å². The van der Waals surface area contributed by atoms with Crippen LogP contribution in [0.3, 0.4) is 0 Å². The lowest BCUT2D eigenvalue weighted by Gasteiger charge is -2.14. The zero-order chi connectivity index (χ0) is 18.5. The third kappa shape index (κ3) is 8.94. The maximum atomic E-state index is 11.4. The molecular weight excluding hydrogens is 312 g/mol. The maximum Gasteiger partial charge on any atom is 0.308 e. The van der Waals surface area contributed by atoms with Crippen molar-refractivity contribution in [3.05, 3.63) is 23.3 Å². The summed E-state index contributed by atoms with van der Waals surface area (Å²) >= 11 is 0. The van der Waals surface area contributed by atoms with E-state index in [1.54, 1.807) is 7.11 Å². The number of carbonyl (C=O) groups excluding carboxylic acids is 1. The van der Waals surface area contributed by atoms with E-state index >= 15 is 0 Å². The van der Waals surface area contributed by atoms with Crippen LogP contribution in [0, 0.1) is 6.92 Å². The van der Waals surface area contributed by atoms with E-state index in [-0.39, 0.29) is 5.97 Å². The van der Waals surface area contributed by atoms with Crippen molar-refractivity contribution >= 4 is 5.97 Å². The number of ether oxygens (including phenoxy) is 2. The zero-order valence-corrected chi connectivity index (χ0v) is 16.7. The third-order valence-electron chi connectivity index (χ3n) is 4.57. The SMILES string of the molecule is CCCCCCCCCCCCc1c(OC)cc(C)cc1OC(C)=O. The second kappa shape index (κ2) is 12.8. The van der Waals surface area contributed by atoms with Crippen molar-refractivity contribution in [3.8, 4) is 11.5 Å². The van der Waals surface area contributed by atoms with Crippen molar-refractivity contribution in [3.63, 3.8) is 0 Å². The first kappa shape index (κ1) is 21.5. The summed E-state index contributed by atoms with van der Waals surface area (Å²) in [6.45, 7) is 5.69. The van der Waals surface area contributed by atoms with Crippen molar-refractivity contribution in [2.24, 2.45) is 0 Å². The summed E-state index contributed by atoms with van der Waals surface area (Å²) in [6.07, 6.45) is 14.0. The lowest BCUT2D eigenvalue weighted by Crippen LogP contribution is -2.06. The van der Waals surface area contributed by atoms with E-state index in [0.717, 1.165) is 29.7 Å². The highest BCUT2D eigenvalue weighted by atomic mass is 16.5. The van der Waals surface area contributed by atoms with E-state index in [4.69, 9.17) is 9.47 Å². The Labute approximate surface area is 154 Å². The number of hydrogen-bond donors (Lipinski definition) is 0. The monoisotopic (exact) mass is 348 g/mol. The number of unbranched alkanes of at least 4 members (excludes halogenated alkanes) is 9. The first-order valence-corrected chi connectivity index (χ1v) is 9.94. The Balaban J connectivity index is 2.37. The quantitative estimate of drug-likeness (QED) is 0.235. The van der Waals surface area contributed by atoms with E-state index < -0.39 is 0 Å². The maximum absolute atomic E-state index is 11.4. The van der Waals surface area contributed by atoms with Gasteiger partial charge in [-0.2, -0.15) is 0 Å². The largest absolute Gasteiger partial charge is 0.496 e. The van der Waals surface area contributed by atoms with Crippen LogP contribution in [-0.2, 0) is 11.2 Å². The standard InChI is InChI=1S/C22H36O3/c1-5-6-7-8-9-10-11-12-13-14-15-20-21(24-4)16-18(2)17-22(20)25-19(3)23/h16-17H,5-15H2,1-4H3. The molecule has 142 valence electrons. The fourth-order valence-corrected chi connectivity index (χ4v) is 3.21. The molecule has 3 heteroatoms. The van der Waals surface area contributed by atoms with Crippen molar-refractivity contribution in [2.75, 3.05) is 7.11 Å². The number of methoxy groups -OCH3 is 1. The molecule has 0 N–H and O–H groups in total. The summed E-state index contributed by atoms with van der Waals surface area (Å²) in [4.78, 5) is 11.4. The molecule has 25 heavy (non-hydrogen) atoms. The number of carbonyl (C=O) groups is 1. The highest BCUT2D eigenvalue weighted by Crippen LogP contribution is 2.32. The Morgan fingerprint density at radius 3 is 1.92 bits per heavy atom. The molecule has 0 fully saturated rings. The second-order valence-corrected chi connectivity index (χ2v) is 6.97. The van der Waals surface area contributed by atoms with Gasteiger partial charge in [-0.1, -0.05) is 64.7 Å². The highest BCUT2D eigenvalue weighted by molar-refractivity contribution is 5.70. The molecule has 0 bridgehead atoms. The van der Waals surface area contributed by atoms with Crippen molar-refractivity contribution < 1.29 is 14.3 Å². The lowest BCUT2D eigenvalue weighted by molar-refractivity contribution is -0.131. The van der Waals surface area contributed by atoms with Gasteiger partial charge < -0.3 is 9.47 Å². The van der Waals surface area contributed by atoms with E-state index in [2.05, 4.69) is 6.92 Å². The average molecular weight is 349 g/mol. The molecular formula is C22H36O3. The van der Waals surface area contributed by atoms with Crippen LogP contribution in [0.15, 0.2) is 12.1 Å². The second-order valence-electron chi connectivity index (χ2n) is 6.97. The molecule has 0 radical (unpaired) electrons. The number of aryl methyl sites for hydroxylation is 1. The van der Waals surface area contributed by atoms with Crippen molar-refractivity contribution in [2.45, 2.75) is 91.4 Å². The minimum absolute atomic E-state index is 0.281. The minimum atomic E-state index is -0.281. The molecule has 0 atom stereocenters. The Morgan fingerprint density at radius 1 is 0.880 bits per heavy atom. The summed E-state index contributed by atoms with van der Waals surface area (Å²) < 4.78 is 10.9. The fourth-order valence-electron chi connectivity index (χ4n) is 3.21. The fraction of sp³-hybridized carbons (Fsp3) is 0.682. The number of rotatable bonds is 13. The van der Waals surface area contributed by atoms with Crippen LogP contribution in [0.4, 0.5) is 0 Å². The zero-order valence-electron chi connectivity index (χ0n) is 16.7. The molecule has 0 aromatic heterocycles. The van der Waals surface area contributed by atoms with Gasteiger partial charge in [0.2, 0.25) is 0 Å². The summed E-state index contributed by atoms with van der Waals surface area (Å²) in [5.41, 5.74) is 2.06. The van der Waals surface area contributed by atoms with Crippen molar-refractivity contribution in [1.29, 1.82) is 0 Å². The van der Waals surface area contributed by atoms with Gasteiger partial charge in [-0.3, -0.25) is 4.79 Å². The molecule has 0 saturated heterocycles.